The third-order valence-electron chi connectivity index (χ3n) is 3.23. The number of nitrogens with two attached hydrogens (primary N) is 1. The van der Waals surface area contributed by atoms with E-state index in [1.165, 1.54) is 18.5 Å². The number of alkyl halides is 3. The molecule has 0 aromatic carbocycles. The topological polar surface area (TPSA) is 103 Å². The van der Waals surface area contributed by atoms with Crippen molar-refractivity contribution in [3.05, 3.63) is 36.3 Å². The molecule has 126 valence electrons. The lowest BCUT2D eigenvalue weighted by Gasteiger charge is -2.10. The maximum absolute atomic E-state index is 13.3. The zero-order chi connectivity index (χ0) is 17.7. The highest BCUT2D eigenvalue weighted by molar-refractivity contribution is 7.90. The van der Waals surface area contributed by atoms with Crippen molar-refractivity contribution >= 4 is 21.4 Å². The third kappa shape index (κ3) is 2.89. The third-order valence-corrected chi connectivity index (χ3v) is 4.31. The van der Waals surface area contributed by atoms with E-state index in [0.717, 1.165) is 23.0 Å². The number of halogens is 3. The highest BCUT2D eigenvalue weighted by atomic mass is 32.2. The second-order valence-electron chi connectivity index (χ2n) is 5.06. The molecule has 0 saturated carbocycles. The molecule has 7 nitrogen and oxygen atoms in total. The number of sulfone groups is 1. The fraction of sp³-hybridized carbons (Fsp3) is 0.154. The number of nitrogens with zero attached hydrogens (tertiary/aromatic N) is 4. The summed E-state index contributed by atoms with van der Waals surface area (Å²) in [6.45, 7) is 0. The quantitative estimate of drug-likeness (QED) is 0.750. The molecule has 0 atom stereocenters. The molecular formula is C13H10F3N5O2S. The Morgan fingerprint density at radius 2 is 1.88 bits per heavy atom. The summed E-state index contributed by atoms with van der Waals surface area (Å²) in [5.41, 5.74) is 4.18. The van der Waals surface area contributed by atoms with Gasteiger partial charge in [-0.2, -0.15) is 18.2 Å². The Hall–Kier alpha value is -2.69. The first-order valence-electron chi connectivity index (χ1n) is 6.44. The van der Waals surface area contributed by atoms with Crippen LogP contribution >= 0.6 is 0 Å². The average molecular weight is 357 g/mol. The van der Waals surface area contributed by atoms with Crippen molar-refractivity contribution < 1.29 is 21.6 Å². The number of fused-ring (bicyclic) bond motifs is 1. The van der Waals surface area contributed by atoms with Crippen LogP contribution < -0.4 is 5.73 Å². The van der Waals surface area contributed by atoms with Crippen LogP contribution in [0.1, 0.15) is 5.56 Å². The minimum atomic E-state index is -4.68. The molecule has 0 amide bonds. The summed E-state index contributed by atoms with van der Waals surface area (Å²) in [7, 11) is -3.55. The Morgan fingerprint density at radius 3 is 2.50 bits per heavy atom. The van der Waals surface area contributed by atoms with Crippen LogP contribution in [0.3, 0.4) is 0 Å². The molecule has 0 spiro atoms. The summed E-state index contributed by atoms with van der Waals surface area (Å²) in [6, 6.07) is 2.09. The minimum Gasteiger partial charge on any atom is -0.366 e. The van der Waals surface area contributed by atoms with E-state index in [-0.39, 0.29) is 22.0 Å². The number of pyridine rings is 2. The van der Waals surface area contributed by atoms with Crippen LogP contribution in [-0.2, 0) is 16.0 Å². The number of anilines is 1. The van der Waals surface area contributed by atoms with Gasteiger partial charge in [-0.15, -0.1) is 5.10 Å². The first-order chi connectivity index (χ1) is 11.1. The van der Waals surface area contributed by atoms with E-state index in [0.29, 0.717) is 0 Å². The largest absolute Gasteiger partial charge is 0.420 e. The van der Waals surface area contributed by atoms with Gasteiger partial charge in [-0.05, 0) is 12.1 Å². The Morgan fingerprint density at radius 1 is 1.17 bits per heavy atom. The molecule has 0 aliphatic heterocycles. The van der Waals surface area contributed by atoms with Gasteiger partial charge in [-0.3, -0.25) is 4.98 Å². The smallest absolute Gasteiger partial charge is 0.366 e. The van der Waals surface area contributed by atoms with E-state index < -0.39 is 27.2 Å². The van der Waals surface area contributed by atoms with Crippen LogP contribution in [0.4, 0.5) is 19.1 Å². The predicted octanol–water partition coefficient (Wildman–Crippen LogP) is 1.80. The first-order valence-corrected chi connectivity index (χ1v) is 8.33. The number of hydrogen-bond acceptors (Lipinski definition) is 6. The second-order valence-corrected chi connectivity index (χ2v) is 7.08. The maximum Gasteiger partial charge on any atom is 0.420 e. The van der Waals surface area contributed by atoms with Crippen molar-refractivity contribution in [2.45, 2.75) is 11.1 Å². The van der Waals surface area contributed by atoms with E-state index in [9.17, 15) is 21.6 Å². The number of rotatable bonds is 2. The molecule has 0 fully saturated rings. The molecule has 3 heterocycles. The van der Waals surface area contributed by atoms with Crippen LogP contribution in [0.15, 0.2) is 35.6 Å². The summed E-state index contributed by atoms with van der Waals surface area (Å²) < 4.78 is 63.9. The van der Waals surface area contributed by atoms with Crippen molar-refractivity contribution in [2.24, 2.45) is 0 Å². The molecule has 3 aromatic heterocycles. The van der Waals surface area contributed by atoms with Gasteiger partial charge in [0.05, 0.1) is 4.90 Å². The summed E-state index contributed by atoms with van der Waals surface area (Å²) in [6.07, 6.45) is -0.0440. The zero-order valence-corrected chi connectivity index (χ0v) is 12.9. The molecule has 3 aromatic rings. The van der Waals surface area contributed by atoms with Crippen LogP contribution in [-0.4, -0.2) is 34.3 Å². The van der Waals surface area contributed by atoms with Gasteiger partial charge in [0.1, 0.15) is 5.56 Å². The van der Waals surface area contributed by atoms with Gasteiger partial charge in [-0.1, -0.05) is 0 Å². The van der Waals surface area contributed by atoms with Gasteiger partial charge < -0.3 is 5.73 Å². The first kappa shape index (κ1) is 16.2. The van der Waals surface area contributed by atoms with E-state index in [1.807, 2.05) is 0 Å². The lowest BCUT2D eigenvalue weighted by Crippen LogP contribution is -2.09. The zero-order valence-electron chi connectivity index (χ0n) is 12.1. The van der Waals surface area contributed by atoms with Gasteiger partial charge in [0, 0.05) is 36.0 Å². The fourth-order valence-corrected chi connectivity index (χ4v) is 2.74. The predicted molar refractivity (Wildman–Crippen MR) is 78.7 cm³/mol. The molecule has 11 heteroatoms. The van der Waals surface area contributed by atoms with E-state index in [2.05, 4.69) is 15.1 Å². The van der Waals surface area contributed by atoms with Gasteiger partial charge in [0.25, 0.3) is 0 Å². The number of aromatic nitrogens is 4. The molecule has 24 heavy (non-hydrogen) atoms. The molecule has 0 saturated heterocycles. The summed E-state index contributed by atoms with van der Waals surface area (Å²) >= 11 is 0. The molecule has 0 aliphatic carbocycles. The summed E-state index contributed by atoms with van der Waals surface area (Å²) in [5.74, 6) is -0.305. The monoisotopic (exact) mass is 357 g/mol. The van der Waals surface area contributed by atoms with Crippen LogP contribution in [0, 0.1) is 0 Å². The fourth-order valence-electron chi connectivity index (χ4n) is 2.15. The van der Waals surface area contributed by atoms with E-state index in [4.69, 9.17) is 5.73 Å². The molecule has 2 N–H and O–H groups in total. The second kappa shape index (κ2) is 5.16. The number of nitrogen functional groups attached to an aromatic ring is 1. The lowest BCUT2D eigenvalue weighted by molar-refractivity contribution is -0.136. The van der Waals surface area contributed by atoms with Crippen molar-refractivity contribution in [1.29, 1.82) is 0 Å². The van der Waals surface area contributed by atoms with Crippen molar-refractivity contribution in [3.8, 4) is 11.1 Å². The molecule has 0 radical (unpaired) electrons. The van der Waals surface area contributed by atoms with Crippen molar-refractivity contribution in [3.63, 3.8) is 0 Å². The molecule has 0 aliphatic rings. The average Bonchev–Trinajstić information content (AvgIpc) is 2.84. The van der Waals surface area contributed by atoms with E-state index >= 15 is 0 Å². The highest BCUT2D eigenvalue weighted by Gasteiger charge is 2.35. The van der Waals surface area contributed by atoms with Crippen LogP contribution in [0.25, 0.3) is 16.8 Å². The minimum absolute atomic E-state index is 0.0812. The van der Waals surface area contributed by atoms with Gasteiger partial charge >= 0.3 is 6.18 Å². The SMILES string of the molecule is CS(=O)(=O)c1cncc(-c2cc(C(F)(F)F)c3nc(N)nn3c2)c1. The molecule has 0 unspecified atom stereocenters. The Bertz CT molecular complexity index is 1040. The van der Waals surface area contributed by atoms with Gasteiger partial charge in [-0.25, -0.2) is 12.9 Å². The summed E-state index contributed by atoms with van der Waals surface area (Å²) in [5, 5.41) is 3.69. The molecule has 0 bridgehead atoms. The standard InChI is InChI=1S/C13H10F3N5O2S/c1-24(22,23)9-2-7(4-18-5-9)8-3-10(13(14,15)16)11-19-12(17)20-21(11)6-8/h2-6H,1H3,(H2,17,20). The highest BCUT2D eigenvalue weighted by Crippen LogP contribution is 2.35. The summed E-state index contributed by atoms with van der Waals surface area (Å²) in [4.78, 5) is 7.24. The Balaban J connectivity index is 2.28. The Kier molecular flexibility index (Phi) is 3.48. The molecular weight excluding hydrogens is 347 g/mol. The van der Waals surface area contributed by atoms with Crippen molar-refractivity contribution in [2.75, 3.05) is 12.0 Å². The van der Waals surface area contributed by atoms with Gasteiger partial charge in [0.2, 0.25) is 5.95 Å². The van der Waals surface area contributed by atoms with Crippen molar-refractivity contribution in [1.82, 2.24) is 19.6 Å². The van der Waals surface area contributed by atoms with Gasteiger partial charge in [0.15, 0.2) is 15.5 Å². The lowest BCUT2D eigenvalue weighted by atomic mass is 10.1. The Labute approximate surface area is 133 Å². The van der Waals surface area contributed by atoms with E-state index in [1.54, 1.807) is 0 Å². The van der Waals surface area contributed by atoms with Crippen LogP contribution in [0.5, 0.6) is 0 Å². The number of hydrogen-bond donors (Lipinski definition) is 1. The van der Waals surface area contributed by atoms with Crippen LogP contribution in [0.2, 0.25) is 0 Å². The molecule has 3 rings (SSSR count). The maximum atomic E-state index is 13.3. The normalized spacial score (nSPS) is 12.7.